The molecule has 6 nitrogen and oxygen atoms in total. The molecule has 2 aromatic carbocycles. The van der Waals surface area contributed by atoms with Crippen LogP contribution in [0.25, 0.3) is 11.0 Å². The smallest absolute Gasteiger partial charge is 0.238 e. The van der Waals surface area contributed by atoms with Crippen LogP contribution in [0.2, 0.25) is 10.0 Å². The van der Waals surface area contributed by atoms with E-state index in [0.29, 0.717) is 27.7 Å². The van der Waals surface area contributed by atoms with E-state index in [-0.39, 0.29) is 18.5 Å². The Labute approximate surface area is 170 Å². The van der Waals surface area contributed by atoms with Gasteiger partial charge in [-0.25, -0.2) is 0 Å². The van der Waals surface area contributed by atoms with Gasteiger partial charge in [0.15, 0.2) is 0 Å². The number of aliphatic hydroxyl groups excluding tert-OH is 1. The van der Waals surface area contributed by atoms with E-state index < -0.39 is 6.10 Å². The lowest BCUT2D eigenvalue weighted by Gasteiger charge is -2.27. The molecule has 9 heteroatoms. The van der Waals surface area contributed by atoms with Gasteiger partial charge in [0.05, 0.1) is 36.1 Å². The molecule has 0 fully saturated rings. The third-order valence-corrected chi connectivity index (χ3v) is 5.82. The molecule has 2 N–H and O–H groups in total. The molecule has 0 saturated carbocycles. The summed E-state index contributed by atoms with van der Waals surface area (Å²) in [5, 5.41) is 14.5. The fourth-order valence-electron chi connectivity index (χ4n) is 3.58. The Morgan fingerprint density at radius 2 is 2.19 bits per heavy atom. The van der Waals surface area contributed by atoms with E-state index in [9.17, 15) is 9.90 Å². The Hall–Kier alpha value is -1.77. The van der Waals surface area contributed by atoms with Crippen molar-refractivity contribution in [3.63, 3.8) is 0 Å². The van der Waals surface area contributed by atoms with E-state index in [1.807, 2.05) is 12.1 Å². The average molecular weight is 423 g/mol. The number of halogens is 2. The number of nitrogens with zero attached hydrogens (tertiary/aromatic N) is 3. The summed E-state index contributed by atoms with van der Waals surface area (Å²) < 4.78 is 8.40. The van der Waals surface area contributed by atoms with Crippen molar-refractivity contribution < 1.29 is 9.90 Å². The predicted molar refractivity (Wildman–Crippen MR) is 108 cm³/mol. The van der Waals surface area contributed by atoms with E-state index in [1.165, 1.54) is 0 Å². The number of carbonyl (C=O) groups is 1. The number of aliphatic hydroxyl groups is 1. The van der Waals surface area contributed by atoms with Gasteiger partial charge in [0.25, 0.3) is 0 Å². The summed E-state index contributed by atoms with van der Waals surface area (Å²) in [6.07, 6.45) is -0.217. The molecule has 27 heavy (non-hydrogen) atoms. The Kier molecular flexibility index (Phi) is 5.05. The molecule has 1 amide bonds. The number of hydrogen-bond acceptors (Lipinski definition) is 6. The summed E-state index contributed by atoms with van der Waals surface area (Å²) in [4.78, 5) is 14.4. The van der Waals surface area contributed by atoms with Crippen LogP contribution >= 0.6 is 34.9 Å². The fourth-order valence-corrected chi connectivity index (χ4v) is 4.72. The van der Waals surface area contributed by atoms with Gasteiger partial charge in [0.2, 0.25) is 5.91 Å². The first-order valence-corrected chi connectivity index (χ1v) is 9.80. The summed E-state index contributed by atoms with van der Waals surface area (Å²) in [7, 11) is 1.79. The molecule has 4 rings (SSSR count). The molecular weight excluding hydrogens is 407 g/mol. The van der Waals surface area contributed by atoms with Gasteiger partial charge in [-0.3, -0.25) is 9.69 Å². The second-order valence-electron chi connectivity index (χ2n) is 6.57. The average Bonchev–Trinajstić information content (AvgIpc) is 3.19. The molecule has 0 spiro atoms. The fraction of sp³-hybridized carbons (Fsp3) is 0.278. The first-order chi connectivity index (χ1) is 12.9. The first kappa shape index (κ1) is 18.6. The van der Waals surface area contributed by atoms with Gasteiger partial charge in [-0.1, -0.05) is 29.3 Å². The van der Waals surface area contributed by atoms with Crippen LogP contribution in [0, 0.1) is 0 Å². The Bertz CT molecular complexity index is 1030. The number of aromatic nitrogens is 2. The van der Waals surface area contributed by atoms with Crippen molar-refractivity contribution in [2.75, 3.05) is 18.9 Å². The summed E-state index contributed by atoms with van der Waals surface area (Å²) in [5.74, 6) is -0.202. The number of benzene rings is 2. The van der Waals surface area contributed by atoms with Crippen molar-refractivity contribution in [2.45, 2.75) is 18.6 Å². The van der Waals surface area contributed by atoms with Crippen molar-refractivity contribution >= 4 is 57.6 Å². The van der Waals surface area contributed by atoms with Crippen LogP contribution in [0.1, 0.15) is 17.2 Å². The molecule has 3 aromatic rings. The third-order valence-electron chi connectivity index (χ3n) is 4.72. The lowest BCUT2D eigenvalue weighted by atomic mass is 10.1. The van der Waals surface area contributed by atoms with Crippen molar-refractivity contribution in [2.24, 2.45) is 0 Å². The van der Waals surface area contributed by atoms with Gasteiger partial charge in [-0.15, -0.1) is 0 Å². The van der Waals surface area contributed by atoms with Crippen LogP contribution in [-0.4, -0.2) is 44.4 Å². The van der Waals surface area contributed by atoms with Gasteiger partial charge in [0, 0.05) is 16.5 Å². The van der Waals surface area contributed by atoms with E-state index in [2.05, 4.69) is 14.1 Å². The van der Waals surface area contributed by atoms with Crippen molar-refractivity contribution in [3.05, 3.63) is 51.5 Å². The molecule has 0 bridgehead atoms. The largest absolute Gasteiger partial charge is 0.391 e. The first-order valence-electron chi connectivity index (χ1n) is 8.31. The summed E-state index contributed by atoms with van der Waals surface area (Å²) in [6.45, 7) is 0.0965. The maximum atomic E-state index is 12.6. The highest BCUT2D eigenvalue weighted by atomic mass is 35.5. The zero-order valence-electron chi connectivity index (χ0n) is 14.3. The van der Waals surface area contributed by atoms with Crippen LogP contribution in [0.15, 0.2) is 30.3 Å². The van der Waals surface area contributed by atoms with Gasteiger partial charge in [-0.2, -0.15) is 8.75 Å². The topological polar surface area (TPSA) is 78.4 Å². The molecule has 1 aliphatic carbocycles. The highest BCUT2D eigenvalue weighted by molar-refractivity contribution is 7.00. The minimum absolute atomic E-state index is 0.0965. The number of likely N-dealkylation sites (N-methyl/N-ethyl adjacent to an activating group) is 1. The number of hydrogen-bond donors (Lipinski definition) is 2. The monoisotopic (exact) mass is 422 g/mol. The zero-order valence-corrected chi connectivity index (χ0v) is 16.6. The lowest BCUT2D eigenvalue weighted by molar-refractivity contribution is -0.117. The Morgan fingerprint density at radius 3 is 3.00 bits per heavy atom. The minimum atomic E-state index is -0.653. The number of nitrogens with one attached hydrogen (secondary N) is 1. The third kappa shape index (κ3) is 3.53. The summed E-state index contributed by atoms with van der Waals surface area (Å²) >= 11 is 13.5. The molecule has 140 valence electrons. The van der Waals surface area contributed by atoms with Crippen LogP contribution in [0.3, 0.4) is 0 Å². The molecule has 1 aliphatic rings. The molecule has 2 atom stereocenters. The van der Waals surface area contributed by atoms with E-state index in [4.69, 9.17) is 23.2 Å². The molecule has 0 radical (unpaired) electrons. The lowest BCUT2D eigenvalue weighted by Crippen LogP contribution is -2.37. The van der Waals surface area contributed by atoms with Gasteiger partial charge in [-0.05, 0) is 42.4 Å². The second kappa shape index (κ2) is 7.33. The highest BCUT2D eigenvalue weighted by Crippen LogP contribution is 2.40. The molecule has 0 saturated heterocycles. The van der Waals surface area contributed by atoms with Crippen LogP contribution in [0.5, 0.6) is 0 Å². The van der Waals surface area contributed by atoms with Gasteiger partial charge >= 0.3 is 0 Å². The standard InChI is InChI=1S/C18H16Cl2N4O2S/c1-24(18-11-5-9(19)6-12(20)10(11)7-15(18)25)8-16(26)21-13-3-2-4-14-17(13)23-27-22-14/h2-6,15,18,25H,7-8H2,1H3,(H,21,26)/t15-,18-/m0/s1. The molecule has 0 aliphatic heterocycles. The Balaban J connectivity index is 1.52. The van der Waals surface area contributed by atoms with Crippen molar-refractivity contribution in [1.82, 2.24) is 13.6 Å². The second-order valence-corrected chi connectivity index (χ2v) is 7.94. The summed E-state index contributed by atoms with van der Waals surface area (Å²) in [6, 6.07) is 8.59. The van der Waals surface area contributed by atoms with Crippen LogP contribution < -0.4 is 5.32 Å². The van der Waals surface area contributed by atoms with Crippen molar-refractivity contribution in [1.29, 1.82) is 0 Å². The maximum absolute atomic E-state index is 12.6. The zero-order chi connectivity index (χ0) is 19.1. The van der Waals surface area contributed by atoms with Crippen LogP contribution in [-0.2, 0) is 11.2 Å². The Morgan fingerprint density at radius 1 is 1.37 bits per heavy atom. The number of amides is 1. The molecular formula is C18H16Cl2N4O2S. The highest BCUT2D eigenvalue weighted by Gasteiger charge is 2.36. The number of carbonyl (C=O) groups excluding carboxylic acids is 1. The molecule has 1 heterocycles. The number of rotatable bonds is 4. The molecule has 0 unspecified atom stereocenters. The van der Waals surface area contributed by atoms with Gasteiger partial charge in [0.1, 0.15) is 11.0 Å². The normalized spacial score (nSPS) is 18.9. The number of anilines is 1. The SMILES string of the molecule is CN(CC(=O)Nc1cccc2nsnc12)[C@H]1c2cc(Cl)cc(Cl)c2C[C@@H]1O. The van der Waals surface area contributed by atoms with E-state index in [0.717, 1.165) is 28.4 Å². The minimum Gasteiger partial charge on any atom is -0.391 e. The van der Waals surface area contributed by atoms with Gasteiger partial charge < -0.3 is 10.4 Å². The van der Waals surface area contributed by atoms with Crippen LogP contribution in [0.4, 0.5) is 5.69 Å². The van der Waals surface area contributed by atoms with E-state index >= 15 is 0 Å². The quantitative estimate of drug-likeness (QED) is 0.672. The predicted octanol–water partition coefficient (Wildman–Crippen LogP) is 3.53. The maximum Gasteiger partial charge on any atom is 0.238 e. The number of fused-ring (bicyclic) bond motifs is 2. The molecule has 1 aromatic heterocycles. The van der Waals surface area contributed by atoms with Crippen molar-refractivity contribution in [3.8, 4) is 0 Å². The van der Waals surface area contributed by atoms with E-state index in [1.54, 1.807) is 30.1 Å². The summed E-state index contributed by atoms with van der Waals surface area (Å²) in [5.41, 5.74) is 3.78.